The highest BCUT2D eigenvalue weighted by atomic mass is 16.5. The molecule has 126 valence electrons. The standard InChI is InChI=1S/C21H25NO2/c1-3-17(18-6-9-21-19(15-18)10-12-24-21)14-16-4-7-20(8-5-16)23-13-11-22-2/h4-9,14-15,22H,3,10-13H2,1-2H3/b17-14-. The zero-order chi connectivity index (χ0) is 16.8. The number of benzene rings is 2. The van der Waals surface area contributed by atoms with Crippen molar-refractivity contribution in [2.24, 2.45) is 0 Å². The molecular weight excluding hydrogens is 298 g/mol. The van der Waals surface area contributed by atoms with E-state index >= 15 is 0 Å². The summed E-state index contributed by atoms with van der Waals surface area (Å²) in [6.45, 7) is 4.54. The van der Waals surface area contributed by atoms with E-state index in [2.05, 4.69) is 48.6 Å². The minimum Gasteiger partial charge on any atom is -0.493 e. The summed E-state index contributed by atoms with van der Waals surface area (Å²) < 4.78 is 11.3. The summed E-state index contributed by atoms with van der Waals surface area (Å²) in [6.07, 6.45) is 4.27. The molecule has 1 aliphatic heterocycles. The lowest BCUT2D eigenvalue weighted by Crippen LogP contribution is -2.15. The van der Waals surface area contributed by atoms with E-state index in [-0.39, 0.29) is 0 Å². The van der Waals surface area contributed by atoms with Crippen LogP contribution in [0.3, 0.4) is 0 Å². The van der Waals surface area contributed by atoms with Gasteiger partial charge in [0.2, 0.25) is 0 Å². The molecule has 0 amide bonds. The van der Waals surface area contributed by atoms with E-state index in [0.717, 1.165) is 37.5 Å². The first-order chi connectivity index (χ1) is 11.8. The van der Waals surface area contributed by atoms with Crippen LogP contribution in [0.1, 0.15) is 30.0 Å². The topological polar surface area (TPSA) is 30.5 Å². The van der Waals surface area contributed by atoms with Gasteiger partial charge in [-0.1, -0.05) is 31.2 Å². The summed E-state index contributed by atoms with van der Waals surface area (Å²) in [4.78, 5) is 0. The minimum absolute atomic E-state index is 0.684. The highest BCUT2D eigenvalue weighted by Gasteiger charge is 2.13. The second kappa shape index (κ2) is 8.02. The summed E-state index contributed by atoms with van der Waals surface area (Å²) in [5.41, 5.74) is 5.15. The Labute approximate surface area is 144 Å². The van der Waals surface area contributed by atoms with Gasteiger partial charge < -0.3 is 14.8 Å². The van der Waals surface area contributed by atoms with E-state index in [1.165, 1.54) is 22.3 Å². The zero-order valence-corrected chi connectivity index (χ0v) is 14.5. The Morgan fingerprint density at radius 1 is 1.21 bits per heavy atom. The average molecular weight is 323 g/mol. The maximum atomic E-state index is 5.67. The fourth-order valence-corrected chi connectivity index (χ4v) is 2.91. The maximum absolute atomic E-state index is 5.67. The minimum atomic E-state index is 0.684. The predicted octanol–water partition coefficient (Wildman–Crippen LogP) is 4.17. The van der Waals surface area contributed by atoms with Crippen LogP contribution < -0.4 is 14.8 Å². The van der Waals surface area contributed by atoms with Gasteiger partial charge in [-0.2, -0.15) is 0 Å². The van der Waals surface area contributed by atoms with Crippen LogP contribution in [0.5, 0.6) is 11.5 Å². The van der Waals surface area contributed by atoms with Gasteiger partial charge in [0.1, 0.15) is 18.1 Å². The molecule has 1 aliphatic rings. The van der Waals surface area contributed by atoms with Crippen molar-refractivity contribution in [3.05, 3.63) is 59.2 Å². The van der Waals surface area contributed by atoms with Gasteiger partial charge in [-0.05, 0) is 60.0 Å². The van der Waals surface area contributed by atoms with E-state index < -0.39 is 0 Å². The maximum Gasteiger partial charge on any atom is 0.122 e. The molecule has 2 aromatic carbocycles. The van der Waals surface area contributed by atoms with Gasteiger partial charge in [0, 0.05) is 13.0 Å². The van der Waals surface area contributed by atoms with Crippen molar-refractivity contribution in [2.75, 3.05) is 26.8 Å². The van der Waals surface area contributed by atoms with Crippen LogP contribution in [0.4, 0.5) is 0 Å². The molecule has 0 aliphatic carbocycles. The quantitative estimate of drug-likeness (QED) is 0.613. The number of hydrogen-bond donors (Lipinski definition) is 1. The number of fused-ring (bicyclic) bond motifs is 1. The highest BCUT2D eigenvalue weighted by Crippen LogP contribution is 2.30. The lowest BCUT2D eigenvalue weighted by molar-refractivity contribution is 0.318. The van der Waals surface area contributed by atoms with Crippen LogP contribution in [0.2, 0.25) is 0 Å². The third-order valence-corrected chi connectivity index (χ3v) is 4.28. The molecule has 0 saturated carbocycles. The lowest BCUT2D eigenvalue weighted by Gasteiger charge is -2.09. The third kappa shape index (κ3) is 3.98. The van der Waals surface area contributed by atoms with Gasteiger partial charge in [0.25, 0.3) is 0 Å². The first-order valence-electron chi connectivity index (χ1n) is 8.64. The summed E-state index contributed by atoms with van der Waals surface area (Å²) in [5.74, 6) is 1.95. The summed E-state index contributed by atoms with van der Waals surface area (Å²) >= 11 is 0. The van der Waals surface area contributed by atoms with Crippen LogP contribution in [0, 0.1) is 0 Å². The molecule has 3 heteroatoms. The molecule has 3 rings (SSSR count). The first-order valence-corrected chi connectivity index (χ1v) is 8.64. The van der Waals surface area contributed by atoms with Gasteiger partial charge >= 0.3 is 0 Å². The number of rotatable bonds is 7. The van der Waals surface area contributed by atoms with Gasteiger partial charge in [0.15, 0.2) is 0 Å². The Hall–Kier alpha value is -2.26. The van der Waals surface area contributed by atoms with Crippen LogP contribution in [-0.2, 0) is 6.42 Å². The van der Waals surface area contributed by atoms with Gasteiger partial charge in [-0.25, -0.2) is 0 Å². The van der Waals surface area contributed by atoms with Gasteiger partial charge in [-0.15, -0.1) is 0 Å². The van der Waals surface area contributed by atoms with E-state index in [1.54, 1.807) is 0 Å². The number of hydrogen-bond acceptors (Lipinski definition) is 3. The van der Waals surface area contributed by atoms with E-state index in [9.17, 15) is 0 Å². The second-order valence-electron chi connectivity index (χ2n) is 5.97. The second-order valence-corrected chi connectivity index (χ2v) is 5.97. The van der Waals surface area contributed by atoms with Crippen LogP contribution >= 0.6 is 0 Å². The molecule has 0 spiro atoms. The Morgan fingerprint density at radius 2 is 2.04 bits per heavy atom. The Bertz CT molecular complexity index is 704. The van der Waals surface area contributed by atoms with Crippen molar-refractivity contribution in [1.82, 2.24) is 5.32 Å². The molecule has 0 aromatic heterocycles. The molecular formula is C21H25NO2. The average Bonchev–Trinajstić information content (AvgIpc) is 3.09. The van der Waals surface area contributed by atoms with Crippen molar-refractivity contribution in [3.63, 3.8) is 0 Å². The molecule has 1 heterocycles. The third-order valence-electron chi connectivity index (χ3n) is 4.28. The molecule has 0 saturated heterocycles. The molecule has 0 atom stereocenters. The van der Waals surface area contributed by atoms with E-state index in [0.29, 0.717) is 6.61 Å². The molecule has 3 nitrogen and oxygen atoms in total. The molecule has 24 heavy (non-hydrogen) atoms. The Kier molecular flexibility index (Phi) is 5.55. The van der Waals surface area contributed by atoms with E-state index in [1.807, 2.05) is 19.2 Å². The summed E-state index contributed by atoms with van der Waals surface area (Å²) in [5, 5.41) is 3.08. The van der Waals surface area contributed by atoms with Gasteiger partial charge in [-0.3, -0.25) is 0 Å². The number of likely N-dealkylation sites (N-methyl/N-ethyl adjacent to an activating group) is 1. The molecule has 1 N–H and O–H groups in total. The molecule has 0 bridgehead atoms. The fourth-order valence-electron chi connectivity index (χ4n) is 2.91. The Balaban J connectivity index is 1.75. The summed E-state index contributed by atoms with van der Waals surface area (Å²) in [7, 11) is 1.93. The monoisotopic (exact) mass is 323 g/mol. The van der Waals surface area contributed by atoms with Crippen molar-refractivity contribution >= 4 is 11.6 Å². The Morgan fingerprint density at radius 3 is 2.79 bits per heavy atom. The number of allylic oxidation sites excluding steroid dienone is 1. The van der Waals surface area contributed by atoms with Crippen LogP contribution in [0.25, 0.3) is 11.6 Å². The number of nitrogens with one attached hydrogen (secondary N) is 1. The predicted molar refractivity (Wildman–Crippen MR) is 99.7 cm³/mol. The van der Waals surface area contributed by atoms with Crippen molar-refractivity contribution in [1.29, 1.82) is 0 Å². The van der Waals surface area contributed by atoms with Crippen molar-refractivity contribution in [3.8, 4) is 11.5 Å². The largest absolute Gasteiger partial charge is 0.493 e. The van der Waals surface area contributed by atoms with Crippen molar-refractivity contribution < 1.29 is 9.47 Å². The first kappa shape index (κ1) is 16.6. The lowest BCUT2D eigenvalue weighted by atomic mass is 9.98. The van der Waals surface area contributed by atoms with Crippen LogP contribution in [0.15, 0.2) is 42.5 Å². The molecule has 0 unspecified atom stereocenters. The normalized spacial score (nSPS) is 13.5. The van der Waals surface area contributed by atoms with Gasteiger partial charge in [0.05, 0.1) is 6.61 Å². The molecule has 2 aromatic rings. The summed E-state index contributed by atoms with van der Waals surface area (Å²) in [6, 6.07) is 14.8. The highest BCUT2D eigenvalue weighted by molar-refractivity contribution is 5.82. The fraction of sp³-hybridized carbons (Fsp3) is 0.333. The smallest absolute Gasteiger partial charge is 0.122 e. The van der Waals surface area contributed by atoms with Crippen molar-refractivity contribution in [2.45, 2.75) is 19.8 Å². The SMILES string of the molecule is CC/C(=C/c1ccc(OCCNC)cc1)c1ccc2c(c1)CCO2. The zero-order valence-electron chi connectivity index (χ0n) is 14.5. The molecule has 0 radical (unpaired) electrons. The number of ether oxygens (including phenoxy) is 2. The van der Waals surface area contributed by atoms with Crippen LogP contribution in [-0.4, -0.2) is 26.8 Å². The van der Waals surface area contributed by atoms with E-state index in [4.69, 9.17) is 9.47 Å². The molecule has 0 fully saturated rings.